The van der Waals surface area contributed by atoms with Gasteiger partial charge in [-0.25, -0.2) is 4.79 Å². The summed E-state index contributed by atoms with van der Waals surface area (Å²) in [4.78, 5) is 41.2. The van der Waals surface area contributed by atoms with Crippen molar-refractivity contribution >= 4 is 35.2 Å². The number of ether oxygens (including phenoxy) is 1. The number of rotatable bonds is 6. The maximum absolute atomic E-state index is 13.4. The van der Waals surface area contributed by atoms with Crippen LogP contribution < -0.4 is 10.2 Å². The second kappa shape index (κ2) is 9.09. The van der Waals surface area contributed by atoms with Crippen LogP contribution in [0.1, 0.15) is 33.4 Å². The van der Waals surface area contributed by atoms with E-state index in [1.807, 2.05) is 12.1 Å². The SMILES string of the molecule is CCOC(=O)c1ccc2c(c1)N(CC(=O)NCc1ccco1)C(=O)c1ccccc1S2. The summed E-state index contributed by atoms with van der Waals surface area (Å²) >= 11 is 1.42. The molecule has 1 N–H and O–H groups in total. The number of benzene rings is 2. The molecule has 0 saturated heterocycles. The molecule has 1 aliphatic rings. The first kappa shape index (κ1) is 20.7. The van der Waals surface area contributed by atoms with Crippen molar-refractivity contribution in [3.05, 3.63) is 77.7 Å². The standard InChI is InChI=1S/C23H20N2O5S/c1-2-29-23(28)15-9-10-20-18(12-15)25(14-21(26)24-13-16-6-5-11-30-16)22(27)17-7-3-4-8-19(17)31-20/h3-12H,2,13-14H2,1H3,(H,24,26). The van der Waals surface area contributed by atoms with Crippen molar-refractivity contribution in [1.82, 2.24) is 5.32 Å². The quantitative estimate of drug-likeness (QED) is 0.590. The lowest BCUT2D eigenvalue weighted by molar-refractivity contribution is -0.120. The molecule has 0 saturated carbocycles. The number of esters is 1. The number of nitrogens with one attached hydrogen (secondary N) is 1. The summed E-state index contributed by atoms with van der Waals surface area (Å²) in [7, 11) is 0. The van der Waals surface area contributed by atoms with Gasteiger partial charge in [-0.05, 0) is 49.4 Å². The molecular weight excluding hydrogens is 416 g/mol. The minimum atomic E-state index is -0.480. The minimum absolute atomic E-state index is 0.201. The normalized spacial score (nSPS) is 12.5. The van der Waals surface area contributed by atoms with Crippen LogP contribution >= 0.6 is 11.8 Å². The fraction of sp³-hybridized carbons (Fsp3) is 0.174. The van der Waals surface area contributed by atoms with Gasteiger partial charge in [-0.2, -0.15) is 0 Å². The van der Waals surface area contributed by atoms with E-state index in [-0.39, 0.29) is 31.5 Å². The number of fused-ring (bicyclic) bond motifs is 2. The van der Waals surface area contributed by atoms with Crippen molar-refractivity contribution in [2.45, 2.75) is 23.3 Å². The molecule has 31 heavy (non-hydrogen) atoms. The molecule has 4 rings (SSSR count). The highest BCUT2D eigenvalue weighted by molar-refractivity contribution is 7.99. The molecule has 1 aliphatic heterocycles. The Balaban J connectivity index is 1.67. The Morgan fingerprint density at radius 2 is 1.94 bits per heavy atom. The van der Waals surface area contributed by atoms with Crippen molar-refractivity contribution in [2.24, 2.45) is 0 Å². The number of amides is 2. The van der Waals surface area contributed by atoms with E-state index < -0.39 is 5.97 Å². The number of hydrogen-bond donors (Lipinski definition) is 1. The smallest absolute Gasteiger partial charge is 0.338 e. The van der Waals surface area contributed by atoms with Crippen LogP contribution in [-0.4, -0.2) is 30.9 Å². The molecule has 158 valence electrons. The van der Waals surface area contributed by atoms with E-state index in [1.165, 1.54) is 22.9 Å². The van der Waals surface area contributed by atoms with Crippen LogP contribution in [0, 0.1) is 0 Å². The van der Waals surface area contributed by atoms with Crippen LogP contribution in [0.5, 0.6) is 0 Å². The van der Waals surface area contributed by atoms with E-state index in [4.69, 9.17) is 9.15 Å². The molecule has 0 spiro atoms. The molecule has 8 heteroatoms. The minimum Gasteiger partial charge on any atom is -0.467 e. The van der Waals surface area contributed by atoms with Crippen LogP contribution in [0.3, 0.4) is 0 Å². The summed E-state index contributed by atoms with van der Waals surface area (Å²) in [6, 6.07) is 15.8. The number of furan rings is 1. The monoisotopic (exact) mass is 436 g/mol. The summed E-state index contributed by atoms with van der Waals surface area (Å²) in [5, 5.41) is 2.76. The second-order valence-corrected chi connectivity index (χ2v) is 7.83. The second-order valence-electron chi connectivity index (χ2n) is 6.75. The molecule has 0 aliphatic carbocycles. The van der Waals surface area contributed by atoms with Crippen molar-refractivity contribution < 1.29 is 23.5 Å². The highest BCUT2D eigenvalue weighted by Crippen LogP contribution is 2.41. The Hall–Kier alpha value is -3.52. The number of anilines is 1. The molecule has 1 aromatic heterocycles. The molecule has 2 heterocycles. The van der Waals surface area contributed by atoms with Crippen LogP contribution in [0.15, 0.2) is 75.1 Å². The summed E-state index contributed by atoms with van der Waals surface area (Å²) in [6.07, 6.45) is 1.53. The predicted molar refractivity (Wildman–Crippen MR) is 115 cm³/mol. The number of nitrogens with zero attached hydrogens (tertiary/aromatic N) is 1. The Labute approximate surface area is 183 Å². The van der Waals surface area contributed by atoms with Gasteiger partial charge in [0.2, 0.25) is 5.91 Å². The van der Waals surface area contributed by atoms with E-state index in [0.717, 1.165) is 9.79 Å². The lowest BCUT2D eigenvalue weighted by atomic mass is 10.1. The van der Waals surface area contributed by atoms with E-state index >= 15 is 0 Å². The summed E-state index contributed by atoms with van der Waals surface area (Å²) in [6.45, 7) is 1.99. The molecule has 0 unspecified atom stereocenters. The molecule has 0 bridgehead atoms. The van der Waals surface area contributed by atoms with Gasteiger partial charge in [-0.15, -0.1) is 0 Å². The maximum atomic E-state index is 13.4. The van der Waals surface area contributed by atoms with Gasteiger partial charge in [0.15, 0.2) is 0 Å². The highest BCUT2D eigenvalue weighted by Gasteiger charge is 2.29. The highest BCUT2D eigenvalue weighted by atomic mass is 32.2. The zero-order chi connectivity index (χ0) is 21.8. The molecular formula is C23H20N2O5S. The number of carbonyl (C=O) groups excluding carboxylic acids is 3. The average Bonchev–Trinajstić information content (AvgIpc) is 3.27. The third-order valence-corrected chi connectivity index (χ3v) is 5.83. The van der Waals surface area contributed by atoms with Gasteiger partial charge >= 0.3 is 5.97 Å². The van der Waals surface area contributed by atoms with Crippen LogP contribution in [0.2, 0.25) is 0 Å². The lowest BCUT2D eigenvalue weighted by Crippen LogP contribution is -2.40. The van der Waals surface area contributed by atoms with E-state index in [2.05, 4.69) is 5.32 Å². The molecule has 3 aromatic rings. The Kier molecular flexibility index (Phi) is 6.08. The van der Waals surface area contributed by atoms with Gasteiger partial charge in [-0.3, -0.25) is 14.5 Å². The van der Waals surface area contributed by atoms with Crippen molar-refractivity contribution in [2.75, 3.05) is 18.1 Å². The summed E-state index contributed by atoms with van der Waals surface area (Å²) in [5.74, 6) is -0.522. The predicted octanol–water partition coefficient (Wildman–Crippen LogP) is 3.88. The average molecular weight is 436 g/mol. The fourth-order valence-corrected chi connectivity index (χ4v) is 4.28. The van der Waals surface area contributed by atoms with Crippen LogP contribution in [0.4, 0.5) is 5.69 Å². The van der Waals surface area contributed by atoms with Crippen molar-refractivity contribution in [3.63, 3.8) is 0 Å². The molecule has 0 radical (unpaired) electrons. The summed E-state index contributed by atoms with van der Waals surface area (Å²) < 4.78 is 10.3. The Bertz CT molecular complexity index is 1130. The van der Waals surface area contributed by atoms with Gasteiger partial charge in [0, 0.05) is 9.79 Å². The third-order valence-electron chi connectivity index (χ3n) is 4.69. The lowest BCUT2D eigenvalue weighted by Gasteiger charge is -2.23. The maximum Gasteiger partial charge on any atom is 0.338 e. The van der Waals surface area contributed by atoms with Gasteiger partial charge < -0.3 is 14.5 Å². The Morgan fingerprint density at radius 3 is 2.71 bits per heavy atom. The van der Waals surface area contributed by atoms with Crippen LogP contribution in [0.25, 0.3) is 0 Å². The topological polar surface area (TPSA) is 88.8 Å². The number of carbonyl (C=O) groups is 3. The molecule has 2 amide bonds. The molecule has 0 atom stereocenters. The summed E-state index contributed by atoms with van der Waals surface area (Å²) in [5.41, 5.74) is 1.31. The first-order valence-corrected chi connectivity index (χ1v) is 10.6. The van der Waals surface area contributed by atoms with E-state index in [1.54, 1.807) is 49.4 Å². The van der Waals surface area contributed by atoms with Crippen LogP contribution in [-0.2, 0) is 16.1 Å². The zero-order valence-electron chi connectivity index (χ0n) is 16.8. The largest absolute Gasteiger partial charge is 0.467 e. The van der Waals surface area contributed by atoms with Crippen molar-refractivity contribution in [3.8, 4) is 0 Å². The Morgan fingerprint density at radius 1 is 1.10 bits per heavy atom. The fourth-order valence-electron chi connectivity index (χ4n) is 3.22. The first-order chi connectivity index (χ1) is 15.1. The third kappa shape index (κ3) is 4.49. The van der Waals surface area contributed by atoms with Gasteiger partial charge in [-0.1, -0.05) is 23.9 Å². The zero-order valence-corrected chi connectivity index (χ0v) is 17.6. The molecule has 0 fully saturated rings. The van der Waals surface area contributed by atoms with Crippen molar-refractivity contribution in [1.29, 1.82) is 0 Å². The van der Waals surface area contributed by atoms with E-state index in [9.17, 15) is 14.4 Å². The van der Waals surface area contributed by atoms with Gasteiger partial charge in [0.25, 0.3) is 5.91 Å². The molecule has 7 nitrogen and oxygen atoms in total. The first-order valence-electron chi connectivity index (χ1n) is 9.76. The van der Waals surface area contributed by atoms with E-state index in [0.29, 0.717) is 22.6 Å². The van der Waals surface area contributed by atoms with Gasteiger partial charge in [0.1, 0.15) is 12.3 Å². The van der Waals surface area contributed by atoms with Gasteiger partial charge in [0.05, 0.1) is 36.2 Å². The number of hydrogen-bond acceptors (Lipinski definition) is 6. The molecule has 2 aromatic carbocycles.